The molecule has 0 aliphatic carbocycles. The summed E-state index contributed by atoms with van der Waals surface area (Å²) in [4.78, 5) is 28.1. The molecule has 0 unspecified atom stereocenters. The van der Waals surface area contributed by atoms with Gasteiger partial charge in [0.15, 0.2) is 11.3 Å². The highest BCUT2D eigenvalue weighted by Crippen LogP contribution is 2.33. The Hall–Kier alpha value is -3.61. The Labute approximate surface area is 153 Å². The van der Waals surface area contributed by atoms with E-state index in [-0.39, 0.29) is 35.0 Å². The summed E-state index contributed by atoms with van der Waals surface area (Å²) in [5.74, 6) is -1.20. The Bertz CT molecular complexity index is 1150. The van der Waals surface area contributed by atoms with E-state index in [0.717, 1.165) is 17.0 Å². The number of aliphatic imine (C=N–C) groups is 1. The third-order valence-corrected chi connectivity index (χ3v) is 3.92. The van der Waals surface area contributed by atoms with Crippen LogP contribution in [0.3, 0.4) is 0 Å². The minimum absolute atomic E-state index is 0.0529. The standard InChI is InChI=1S/C20H17NO6/c1-3-26-19(24)15(11(2)22)10-21-16-9-14-13-7-5-4-6-12(13)8-17(23)18(14)27-20(16)25/h4-10,22-23H,3H2,1-2H3/b15-11-,21-10?. The van der Waals surface area contributed by atoms with Crippen LogP contribution in [0.15, 0.2) is 61.9 Å². The normalized spacial score (nSPS) is 12.5. The molecule has 7 nitrogen and oxygen atoms in total. The monoisotopic (exact) mass is 367 g/mol. The van der Waals surface area contributed by atoms with Gasteiger partial charge in [0.05, 0.1) is 6.61 Å². The minimum atomic E-state index is -0.789. The molecule has 0 saturated heterocycles. The Balaban J connectivity index is 2.16. The first-order valence-corrected chi connectivity index (χ1v) is 8.22. The fourth-order valence-electron chi connectivity index (χ4n) is 2.66. The second kappa shape index (κ2) is 7.33. The molecule has 1 aromatic heterocycles. The molecule has 0 aliphatic heterocycles. The van der Waals surface area contributed by atoms with E-state index in [1.807, 2.05) is 24.3 Å². The molecule has 0 saturated carbocycles. The first kappa shape index (κ1) is 18.2. The van der Waals surface area contributed by atoms with Gasteiger partial charge in [-0.1, -0.05) is 24.3 Å². The average molecular weight is 367 g/mol. The van der Waals surface area contributed by atoms with Crippen LogP contribution in [0.25, 0.3) is 21.7 Å². The van der Waals surface area contributed by atoms with Crippen LogP contribution >= 0.6 is 0 Å². The lowest BCUT2D eigenvalue weighted by molar-refractivity contribution is -0.138. The van der Waals surface area contributed by atoms with Gasteiger partial charge in [-0.3, -0.25) is 0 Å². The third-order valence-electron chi connectivity index (χ3n) is 3.92. The predicted molar refractivity (Wildman–Crippen MR) is 102 cm³/mol. The molecular formula is C20H17NO6. The summed E-state index contributed by atoms with van der Waals surface area (Å²) in [6, 6.07) is 10.3. The maximum atomic E-state index is 12.2. The van der Waals surface area contributed by atoms with Crippen molar-refractivity contribution >= 4 is 39.6 Å². The number of nitrogens with zero attached hydrogens (tertiary/aromatic N) is 1. The third kappa shape index (κ3) is 3.52. The SMILES string of the molecule is CCOC(=O)/C(C=Nc1cc2c(oc1=O)c(O)cc1ccccc12)=C(/C)O. The number of esters is 1. The number of benzene rings is 2. The van der Waals surface area contributed by atoms with E-state index in [2.05, 4.69) is 4.99 Å². The van der Waals surface area contributed by atoms with Crippen molar-refractivity contribution in [2.75, 3.05) is 6.61 Å². The van der Waals surface area contributed by atoms with E-state index >= 15 is 0 Å². The highest BCUT2D eigenvalue weighted by molar-refractivity contribution is 6.11. The lowest BCUT2D eigenvalue weighted by Crippen LogP contribution is -2.11. The van der Waals surface area contributed by atoms with Crippen LogP contribution in [0.4, 0.5) is 5.69 Å². The van der Waals surface area contributed by atoms with Gasteiger partial charge in [0.1, 0.15) is 17.0 Å². The van der Waals surface area contributed by atoms with Crippen LogP contribution in [0.1, 0.15) is 13.8 Å². The summed E-state index contributed by atoms with van der Waals surface area (Å²) in [5.41, 5.74) is -0.987. The number of carbonyl (C=O) groups excluding carboxylic acids is 1. The number of hydrogen-bond donors (Lipinski definition) is 2. The summed E-state index contributed by atoms with van der Waals surface area (Å²) >= 11 is 0. The van der Waals surface area contributed by atoms with Gasteiger partial charge in [-0.25, -0.2) is 14.6 Å². The van der Waals surface area contributed by atoms with E-state index < -0.39 is 11.6 Å². The Morgan fingerprint density at radius 3 is 2.70 bits per heavy atom. The van der Waals surface area contributed by atoms with Gasteiger partial charge >= 0.3 is 11.6 Å². The molecule has 7 heteroatoms. The first-order valence-electron chi connectivity index (χ1n) is 8.22. The molecule has 0 fully saturated rings. The van der Waals surface area contributed by atoms with Gasteiger partial charge in [0.2, 0.25) is 0 Å². The van der Waals surface area contributed by atoms with Crippen LogP contribution in [0, 0.1) is 0 Å². The molecule has 0 bridgehead atoms. The van der Waals surface area contributed by atoms with Gasteiger partial charge in [0, 0.05) is 11.6 Å². The summed E-state index contributed by atoms with van der Waals surface area (Å²) < 4.78 is 10.1. The van der Waals surface area contributed by atoms with Crippen molar-refractivity contribution < 1.29 is 24.2 Å². The number of phenolic OH excluding ortho intramolecular Hbond substituents is 1. The fraction of sp³-hybridized carbons (Fsp3) is 0.150. The lowest BCUT2D eigenvalue weighted by Gasteiger charge is -2.06. The van der Waals surface area contributed by atoms with Gasteiger partial charge in [-0.15, -0.1) is 0 Å². The number of aliphatic hydroxyl groups excluding tert-OH is 1. The zero-order chi connectivity index (χ0) is 19.6. The number of phenols is 1. The number of carbonyl (C=O) groups is 1. The van der Waals surface area contributed by atoms with Crippen LogP contribution in [-0.2, 0) is 9.53 Å². The maximum Gasteiger partial charge on any atom is 0.362 e. The van der Waals surface area contributed by atoms with Crippen molar-refractivity contribution in [3.05, 3.63) is 58.2 Å². The van der Waals surface area contributed by atoms with Crippen molar-refractivity contribution in [2.45, 2.75) is 13.8 Å². The van der Waals surface area contributed by atoms with Crippen LogP contribution < -0.4 is 5.63 Å². The van der Waals surface area contributed by atoms with E-state index in [1.165, 1.54) is 19.1 Å². The largest absolute Gasteiger partial charge is 0.512 e. The Kier molecular flexibility index (Phi) is 4.94. The number of fused-ring (bicyclic) bond motifs is 3. The van der Waals surface area contributed by atoms with Crippen molar-refractivity contribution in [2.24, 2.45) is 4.99 Å². The topological polar surface area (TPSA) is 109 Å². The van der Waals surface area contributed by atoms with E-state index in [0.29, 0.717) is 5.39 Å². The van der Waals surface area contributed by atoms with Crippen LogP contribution in [-0.4, -0.2) is 29.0 Å². The van der Waals surface area contributed by atoms with Gasteiger partial charge < -0.3 is 19.4 Å². The molecule has 27 heavy (non-hydrogen) atoms. The number of hydrogen-bond acceptors (Lipinski definition) is 7. The molecule has 2 aromatic carbocycles. The molecule has 3 rings (SSSR count). The molecule has 0 aliphatic rings. The molecule has 0 amide bonds. The molecule has 2 N–H and O–H groups in total. The van der Waals surface area contributed by atoms with Crippen LogP contribution in [0.5, 0.6) is 5.75 Å². The summed E-state index contributed by atoms with van der Waals surface area (Å²) in [6.45, 7) is 3.08. The van der Waals surface area contributed by atoms with Crippen molar-refractivity contribution in [1.82, 2.24) is 0 Å². The fourth-order valence-corrected chi connectivity index (χ4v) is 2.66. The molecule has 1 heterocycles. The second-order valence-electron chi connectivity index (χ2n) is 5.76. The van der Waals surface area contributed by atoms with Crippen molar-refractivity contribution in [3.8, 4) is 5.75 Å². The van der Waals surface area contributed by atoms with E-state index in [9.17, 15) is 19.8 Å². The van der Waals surface area contributed by atoms with Gasteiger partial charge in [-0.2, -0.15) is 0 Å². The zero-order valence-electron chi connectivity index (χ0n) is 14.7. The summed E-state index contributed by atoms with van der Waals surface area (Å²) in [5, 5.41) is 21.8. The molecule has 138 valence electrons. The van der Waals surface area contributed by atoms with Crippen molar-refractivity contribution in [1.29, 1.82) is 0 Å². The second-order valence-corrected chi connectivity index (χ2v) is 5.76. The molecule has 0 atom stereocenters. The van der Waals surface area contributed by atoms with Gasteiger partial charge in [0.25, 0.3) is 0 Å². The number of aromatic hydroxyl groups is 1. The zero-order valence-corrected chi connectivity index (χ0v) is 14.7. The number of aliphatic hydroxyl groups is 1. The highest BCUT2D eigenvalue weighted by Gasteiger charge is 2.14. The smallest absolute Gasteiger partial charge is 0.362 e. The molecular weight excluding hydrogens is 350 g/mol. The van der Waals surface area contributed by atoms with E-state index in [4.69, 9.17) is 9.15 Å². The molecule has 3 aromatic rings. The quantitative estimate of drug-likeness (QED) is 0.181. The Morgan fingerprint density at radius 2 is 2.00 bits per heavy atom. The van der Waals surface area contributed by atoms with Crippen molar-refractivity contribution in [3.63, 3.8) is 0 Å². The summed E-state index contributed by atoms with van der Waals surface area (Å²) in [7, 11) is 0. The molecule has 0 radical (unpaired) electrons. The highest BCUT2D eigenvalue weighted by atomic mass is 16.5. The average Bonchev–Trinajstić information content (AvgIpc) is 2.63. The van der Waals surface area contributed by atoms with Gasteiger partial charge in [-0.05, 0) is 36.8 Å². The lowest BCUT2D eigenvalue weighted by atomic mass is 10.0. The number of ether oxygens (including phenoxy) is 1. The summed E-state index contributed by atoms with van der Waals surface area (Å²) in [6.07, 6.45) is 1.05. The Morgan fingerprint density at radius 1 is 1.26 bits per heavy atom. The predicted octanol–water partition coefficient (Wildman–Crippen LogP) is 3.75. The maximum absolute atomic E-state index is 12.2. The first-order chi connectivity index (χ1) is 12.9. The minimum Gasteiger partial charge on any atom is -0.512 e. The number of allylic oxidation sites excluding steroid dienone is 1. The van der Waals surface area contributed by atoms with E-state index in [1.54, 1.807) is 6.92 Å². The van der Waals surface area contributed by atoms with Crippen LogP contribution in [0.2, 0.25) is 0 Å². The number of rotatable bonds is 4. The molecule has 0 spiro atoms.